The number of rotatable bonds is 10. The molecule has 9 heteroatoms. The lowest BCUT2D eigenvalue weighted by atomic mass is 9.69. The minimum atomic E-state index is 0. The molecule has 1 fully saturated rings. The molecule has 3 rings (SSSR count). The minimum Gasteiger partial charge on any atom is -0.493 e. The Morgan fingerprint density at radius 3 is 2.52 bits per heavy atom. The molecular weight excluding hydrogens is 533 g/mol. The van der Waals surface area contributed by atoms with E-state index in [1.807, 2.05) is 13.0 Å². The van der Waals surface area contributed by atoms with Crippen LogP contribution in [0.1, 0.15) is 62.7 Å². The van der Waals surface area contributed by atoms with Crippen LogP contribution in [0.5, 0.6) is 11.5 Å². The fourth-order valence-corrected chi connectivity index (χ4v) is 4.39. The first-order chi connectivity index (χ1) is 15.6. The van der Waals surface area contributed by atoms with Gasteiger partial charge in [-0.3, -0.25) is 4.99 Å². The molecule has 184 valence electrons. The van der Waals surface area contributed by atoms with E-state index in [1.165, 1.54) is 24.8 Å². The number of nitrogens with zero attached hydrogens (tertiary/aromatic N) is 3. The van der Waals surface area contributed by atoms with Gasteiger partial charge in [0.05, 0.1) is 20.8 Å². The average molecular weight is 572 g/mol. The van der Waals surface area contributed by atoms with E-state index in [1.54, 1.807) is 14.2 Å². The number of benzene rings is 1. The summed E-state index contributed by atoms with van der Waals surface area (Å²) in [5.41, 5.74) is 1.29. The molecule has 1 saturated carbocycles. The van der Waals surface area contributed by atoms with E-state index in [9.17, 15) is 0 Å². The molecule has 2 aromatic rings. The summed E-state index contributed by atoms with van der Waals surface area (Å²) in [5.74, 6) is 3.74. The normalized spacial score (nSPS) is 15.5. The third kappa shape index (κ3) is 7.48. The summed E-state index contributed by atoms with van der Waals surface area (Å²) in [4.78, 5) is 9.26. The van der Waals surface area contributed by atoms with Gasteiger partial charge in [0.2, 0.25) is 5.89 Å². The maximum absolute atomic E-state index is 5.58. The van der Waals surface area contributed by atoms with E-state index in [0.717, 1.165) is 62.8 Å². The molecule has 1 heterocycles. The number of ether oxygens (including phenoxy) is 2. The first kappa shape index (κ1) is 27.2. The van der Waals surface area contributed by atoms with Crippen LogP contribution in [0, 0.1) is 6.92 Å². The van der Waals surface area contributed by atoms with Crippen molar-refractivity contribution in [2.75, 3.05) is 33.9 Å². The molecule has 0 saturated heterocycles. The van der Waals surface area contributed by atoms with Gasteiger partial charge in [-0.2, -0.15) is 4.98 Å². The zero-order chi connectivity index (χ0) is 22.8. The zero-order valence-corrected chi connectivity index (χ0v) is 22.6. The van der Waals surface area contributed by atoms with Crippen molar-refractivity contribution in [1.29, 1.82) is 0 Å². The highest BCUT2D eigenvalue weighted by molar-refractivity contribution is 14.0. The Morgan fingerprint density at radius 1 is 1.12 bits per heavy atom. The maximum Gasteiger partial charge on any atom is 0.226 e. The first-order valence-electron chi connectivity index (χ1n) is 11.6. The molecular formula is C24H38IN5O3. The van der Waals surface area contributed by atoms with Gasteiger partial charge in [-0.1, -0.05) is 30.5 Å². The van der Waals surface area contributed by atoms with E-state index >= 15 is 0 Å². The summed E-state index contributed by atoms with van der Waals surface area (Å²) in [6.07, 6.45) is 7.63. The fourth-order valence-electron chi connectivity index (χ4n) is 4.39. The number of hydrogen-bond acceptors (Lipinski definition) is 6. The summed E-state index contributed by atoms with van der Waals surface area (Å²) in [6.45, 7) is 6.26. The SMILES string of the molecule is CCNC(=NCC1(c2ccc(OC)c(OC)c2)CCCCC1)NCCCc1nc(C)no1.I. The second kappa shape index (κ2) is 13.6. The van der Waals surface area contributed by atoms with Crippen molar-refractivity contribution in [3.05, 3.63) is 35.5 Å². The molecule has 1 aliphatic rings. The predicted molar refractivity (Wildman–Crippen MR) is 141 cm³/mol. The highest BCUT2D eigenvalue weighted by Gasteiger charge is 2.34. The van der Waals surface area contributed by atoms with Crippen molar-refractivity contribution >= 4 is 29.9 Å². The zero-order valence-electron chi connectivity index (χ0n) is 20.3. The predicted octanol–water partition coefficient (Wildman–Crippen LogP) is 4.40. The van der Waals surface area contributed by atoms with Crippen molar-refractivity contribution in [3.63, 3.8) is 0 Å². The van der Waals surface area contributed by atoms with E-state index in [0.29, 0.717) is 11.7 Å². The monoisotopic (exact) mass is 571 g/mol. The van der Waals surface area contributed by atoms with Gasteiger partial charge in [-0.05, 0) is 50.8 Å². The summed E-state index contributed by atoms with van der Waals surface area (Å²) in [5, 5.41) is 10.7. The van der Waals surface area contributed by atoms with Gasteiger partial charge >= 0.3 is 0 Å². The number of aryl methyl sites for hydroxylation is 2. The Balaban J connectivity index is 0.00000385. The van der Waals surface area contributed by atoms with Crippen LogP contribution in [-0.4, -0.2) is 50.0 Å². The Labute approximate surface area is 214 Å². The van der Waals surface area contributed by atoms with Crippen LogP contribution in [0.3, 0.4) is 0 Å². The number of guanidine groups is 1. The van der Waals surface area contributed by atoms with E-state index < -0.39 is 0 Å². The van der Waals surface area contributed by atoms with Crippen LogP contribution in [0.25, 0.3) is 0 Å². The molecule has 1 aliphatic carbocycles. The molecule has 0 aliphatic heterocycles. The maximum atomic E-state index is 5.58. The molecule has 0 unspecified atom stereocenters. The molecule has 0 bridgehead atoms. The smallest absolute Gasteiger partial charge is 0.226 e. The Kier molecular flexibility index (Phi) is 11.2. The van der Waals surface area contributed by atoms with Gasteiger partial charge in [0.1, 0.15) is 0 Å². The van der Waals surface area contributed by atoms with Gasteiger partial charge in [0.15, 0.2) is 23.3 Å². The van der Waals surface area contributed by atoms with Crippen molar-refractivity contribution in [2.45, 2.75) is 64.2 Å². The second-order valence-electron chi connectivity index (χ2n) is 8.37. The first-order valence-corrected chi connectivity index (χ1v) is 11.6. The van der Waals surface area contributed by atoms with Gasteiger partial charge in [0.25, 0.3) is 0 Å². The van der Waals surface area contributed by atoms with E-state index in [4.69, 9.17) is 19.0 Å². The van der Waals surface area contributed by atoms with Crippen LogP contribution in [0.15, 0.2) is 27.7 Å². The van der Waals surface area contributed by atoms with Gasteiger partial charge in [-0.15, -0.1) is 24.0 Å². The molecule has 0 atom stereocenters. The lowest BCUT2D eigenvalue weighted by molar-refractivity contribution is 0.298. The number of hydrogen-bond donors (Lipinski definition) is 2. The molecule has 33 heavy (non-hydrogen) atoms. The van der Waals surface area contributed by atoms with Crippen LogP contribution >= 0.6 is 24.0 Å². The van der Waals surface area contributed by atoms with Crippen molar-refractivity contribution in [1.82, 2.24) is 20.8 Å². The number of nitrogens with one attached hydrogen (secondary N) is 2. The molecule has 0 radical (unpaired) electrons. The molecule has 1 aromatic carbocycles. The lowest BCUT2D eigenvalue weighted by Gasteiger charge is -2.37. The molecule has 1 aromatic heterocycles. The van der Waals surface area contributed by atoms with E-state index in [2.05, 4.69) is 39.8 Å². The summed E-state index contributed by atoms with van der Waals surface area (Å²) < 4.78 is 16.2. The van der Waals surface area contributed by atoms with Crippen molar-refractivity contribution in [2.24, 2.45) is 4.99 Å². The Bertz CT molecular complexity index is 881. The van der Waals surface area contributed by atoms with Crippen LogP contribution in [0.4, 0.5) is 0 Å². The number of aromatic nitrogens is 2. The van der Waals surface area contributed by atoms with E-state index in [-0.39, 0.29) is 29.4 Å². The standard InChI is InChI=1S/C24H37N5O3.HI/c1-5-25-23(26-15-9-10-22-28-18(2)29-32-22)27-17-24(13-7-6-8-14-24)19-11-12-20(30-3)21(16-19)31-4;/h11-12,16H,5-10,13-15,17H2,1-4H3,(H2,25,26,27);1H. The highest BCUT2D eigenvalue weighted by Crippen LogP contribution is 2.42. The van der Waals surface area contributed by atoms with Gasteiger partial charge < -0.3 is 24.6 Å². The third-order valence-corrected chi connectivity index (χ3v) is 6.12. The van der Waals surface area contributed by atoms with Crippen molar-refractivity contribution in [3.8, 4) is 11.5 Å². The summed E-state index contributed by atoms with van der Waals surface area (Å²) in [6, 6.07) is 6.32. The van der Waals surface area contributed by atoms with Crippen LogP contribution < -0.4 is 20.1 Å². The van der Waals surface area contributed by atoms with Crippen LogP contribution in [-0.2, 0) is 11.8 Å². The van der Waals surface area contributed by atoms with Crippen LogP contribution in [0.2, 0.25) is 0 Å². The molecule has 2 N–H and O–H groups in total. The number of aliphatic imine (C=N–C) groups is 1. The average Bonchev–Trinajstić information content (AvgIpc) is 3.25. The lowest BCUT2D eigenvalue weighted by Crippen LogP contribution is -2.40. The largest absolute Gasteiger partial charge is 0.493 e. The third-order valence-electron chi connectivity index (χ3n) is 6.12. The topological polar surface area (TPSA) is 93.8 Å². The number of halogens is 1. The summed E-state index contributed by atoms with van der Waals surface area (Å²) >= 11 is 0. The summed E-state index contributed by atoms with van der Waals surface area (Å²) in [7, 11) is 3.36. The highest BCUT2D eigenvalue weighted by atomic mass is 127. The van der Waals surface area contributed by atoms with Gasteiger partial charge in [0, 0.05) is 24.9 Å². The van der Waals surface area contributed by atoms with Gasteiger partial charge in [-0.25, -0.2) is 0 Å². The Hall–Kier alpha value is -2.04. The van der Waals surface area contributed by atoms with Crippen molar-refractivity contribution < 1.29 is 14.0 Å². The number of methoxy groups -OCH3 is 2. The fraction of sp³-hybridized carbons (Fsp3) is 0.625. The molecule has 8 nitrogen and oxygen atoms in total. The molecule has 0 amide bonds. The minimum absolute atomic E-state index is 0. The second-order valence-corrected chi connectivity index (χ2v) is 8.37. The Morgan fingerprint density at radius 2 is 1.88 bits per heavy atom. The molecule has 0 spiro atoms. The quantitative estimate of drug-likeness (QED) is 0.189.